The highest BCUT2D eigenvalue weighted by Crippen LogP contribution is 2.25. The molecule has 234 valence electrons. The lowest BCUT2D eigenvalue weighted by Crippen LogP contribution is -2.51. The molecule has 0 saturated carbocycles. The first kappa shape index (κ1) is 29.5. The third kappa shape index (κ3) is 5.36. The van der Waals surface area contributed by atoms with Crippen molar-refractivity contribution in [2.24, 2.45) is 0 Å². The van der Waals surface area contributed by atoms with Crippen LogP contribution in [-0.4, -0.2) is 70.5 Å². The molecule has 0 spiro atoms. The Labute approximate surface area is 267 Å². The summed E-state index contributed by atoms with van der Waals surface area (Å²) in [6.45, 7) is 2.24. The molecule has 0 radical (unpaired) electrons. The number of nitrogens with two attached hydrogens (primary N) is 1. The molecule has 0 bridgehead atoms. The number of benzene rings is 2. The molecule has 1 fully saturated rings. The second-order valence-electron chi connectivity index (χ2n) is 11.2. The molecule has 6 aromatic rings. The minimum Gasteiger partial charge on any atom is -0.387 e. The molecule has 4 N–H and O–H groups in total. The van der Waals surface area contributed by atoms with Crippen molar-refractivity contribution in [2.75, 3.05) is 25.4 Å². The maximum absolute atomic E-state index is 14.4. The summed E-state index contributed by atoms with van der Waals surface area (Å²) in [5.74, 6) is 5.55. The normalized spacial score (nSPS) is 13.6. The van der Waals surface area contributed by atoms with Crippen LogP contribution in [0.15, 0.2) is 90.2 Å². The maximum Gasteiger partial charge on any atom is 0.264 e. The fraction of sp³-hybridized carbons (Fsp3) is 0.176. The number of anilines is 1. The topological polar surface area (TPSA) is 166 Å². The fourth-order valence-corrected chi connectivity index (χ4v) is 5.78. The van der Waals surface area contributed by atoms with Gasteiger partial charge in [0.25, 0.3) is 11.5 Å². The van der Waals surface area contributed by atoms with Crippen LogP contribution >= 0.6 is 0 Å². The lowest BCUT2D eigenvalue weighted by Gasteiger charge is -2.38. The van der Waals surface area contributed by atoms with Crippen molar-refractivity contribution >= 4 is 34.1 Å². The molecular weight excluding hydrogens is 598 g/mol. The number of aliphatic hydroxyl groups is 1. The number of fused-ring (bicyclic) bond motifs is 2. The van der Waals surface area contributed by atoms with Gasteiger partial charge in [-0.2, -0.15) is 5.10 Å². The highest BCUT2D eigenvalue weighted by molar-refractivity contribution is 6.04. The molecule has 1 aliphatic heterocycles. The van der Waals surface area contributed by atoms with Gasteiger partial charge in [-0.25, -0.2) is 9.50 Å². The van der Waals surface area contributed by atoms with Crippen LogP contribution < -0.4 is 16.6 Å². The standard InChI is InChI=1S/C34H29N9O4/c1-21(38-33(46)30-31(35)39-41-14-6-13-36-32(30)41)27-15-24-8-5-7-23(29(24)34(47)43(27)25-9-3-2-4-10-25)12-11-22-16-37-42(17-22)26-18-40(19-26)28(45)20-44/h2-10,13-17,21,26,44H,18-20H2,1H3,(H2,35,39)(H,38,46)/t21-/m1/s1. The Morgan fingerprint density at radius 1 is 1.11 bits per heavy atom. The number of likely N-dealkylation sites (tertiary alicyclic amines) is 1. The van der Waals surface area contributed by atoms with Crippen molar-refractivity contribution in [3.8, 4) is 17.5 Å². The maximum atomic E-state index is 14.4. The van der Waals surface area contributed by atoms with Crippen LogP contribution in [0.1, 0.15) is 46.2 Å². The summed E-state index contributed by atoms with van der Waals surface area (Å²) < 4.78 is 4.79. The van der Waals surface area contributed by atoms with Crippen LogP contribution in [0.3, 0.4) is 0 Å². The van der Waals surface area contributed by atoms with Crippen molar-refractivity contribution in [3.05, 3.63) is 118 Å². The molecule has 47 heavy (non-hydrogen) atoms. The van der Waals surface area contributed by atoms with Gasteiger partial charge in [0.1, 0.15) is 12.2 Å². The van der Waals surface area contributed by atoms with E-state index in [4.69, 9.17) is 10.8 Å². The molecule has 13 heteroatoms. The minimum absolute atomic E-state index is 0.0122. The van der Waals surface area contributed by atoms with Crippen LogP contribution in [0, 0.1) is 11.8 Å². The highest BCUT2D eigenvalue weighted by atomic mass is 16.3. The van der Waals surface area contributed by atoms with Gasteiger partial charge in [0.2, 0.25) is 5.91 Å². The van der Waals surface area contributed by atoms with E-state index in [1.807, 2.05) is 48.5 Å². The predicted octanol–water partition coefficient (Wildman–Crippen LogP) is 2.08. The second kappa shape index (κ2) is 11.9. The number of rotatable bonds is 6. The average Bonchev–Trinajstić information content (AvgIpc) is 3.66. The van der Waals surface area contributed by atoms with Crippen molar-refractivity contribution in [3.63, 3.8) is 0 Å². The van der Waals surface area contributed by atoms with E-state index in [1.54, 1.807) is 58.0 Å². The zero-order valence-electron chi connectivity index (χ0n) is 25.2. The number of pyridine rings is 1. The van der Waals surface area contributed by atoms with Crippen LogP contribution in [0.4, 0.5) is 5.82 Å². The first-order valence-corrected chi connectivity index (χ1v) is 14.9. The summed E-state index contributed by atoms with van der Waals surface area (Å²) in [7, 11) is 0. The number of aliphatic hydroxyl groups excluding tert-OH is 1. The Balaban J connectivity index is 1.24. The number of amides is 2. The van der Waals surface area contributed by atoms with E-state index in [2.05, 4.69) is 32.3 Å². The first-order chi connectivity index (χ1) is 22.8. The quantitative estimate of drug-likeness (QED) is 0.236. The lowest BCUT2D eigenvalue weighted by atomic mass is 10.0. The van der Waals surface area contributed by atoms with E-state index in [-0.39, 0.29) is 28.9 Å². The number of nitrogens with one attached hydrogen (secondary N) is 1. The SMILES string of the molecule is C[C@@H](NC(=O)c1c(N)nn2cccnc12)c1cc2cccc(C#Cc3cnn(C4CN(C(=O)CO)C4)c3)c2c(=O)n1-c1ccccc1. The lowest BCUT2D eigenvalue weighted by molar-refractivity contribution is -0.140. The number of nitrogen functional groups attached to an aromatic ring is 1. The number of carbonyl (C=O) groups excluding carboxylic acids is 2. The monoisotopic (exact) mass is 627 g/mol. The second-order valence-corrected chi connectivity index (χ2v) is 11.2. The number of carbonyl (C=O) groups is 2. The third-order valence-electron chi connectivity index (χ3n) is 8.20. The zero-order chi connectivity index (χ0) is 32.7. The number of hydrogen-bond acceptors (Lipinski definition) is 8. The molecule has 0 aliphatic carbocycles. The molecule has 1 aliphatic rings. The smallest absolute Gasteiger partial charge is 0.264 e. The summed E-state index contributed by atoms with van der Waals surface area (Å²) in [6.07, 6.45) is 6.67. The molecule has 2 aromatic carbocycles. The van der Waals surface area contributed by atoms with E-state index in [0.29, 0.717) is 52.0 Å². The van der Waals surface area contributed by atoms with Crippen LogP contribution in [-0.2, 0) is 4.79 Å². The van der Waals surface area contributed by atoms with Crippen molar-refractivity contribution in [1.82, 2.24) is 39.2 Å². The largest absolute Gasteiger partial charge is 0.387 e. The number of aromatic nitrogens is 6. The molecule has 7 rings (SSSR count). The van der Waals surface area contributed by atoms with Crippen molar-refractivity contribution in [1.29, 1.82) is 0 Å². The van der Waals surface area contributed by atoms with Gasteiger partial charge in [0.15, 0.2) is 11.5 Å². The van der Waals surface area contributed by atoms with Gasteiger partial charge in [0.05, 0.1) is 29.2 Å². The number of hydrogen-bond donors (Lipinski definition) is 3. The van der Waals surface area contributed by atoms with Crippen molar-refractivity contribution in [2.45, 2.75) is 19.0 Å². The van der Waals surface area contributed by atoms with E-state index in [1.165, 1.54) is 4.52 Å². The van der Waals surface area contributed by atoms with Gasteiger partial charge in [-0.3, -0.25) is 23.6 Å². The van der Waals surface area contributed by atoms with E-state index < -0.39 is 18.6 Å². The summed E-state index contributed by atoms with van der Waals surface area (Å²) in [5.41, 5.74) is 8.68. The molecule has 13 nitrogen and oxygen atoms in total. The summed E-state index contributed by atoms with van der Waals surface area (Å²) in [5, 5.41) is 21.7. The van der Waals surface area contributed by atoms with E-state index in [0.717, 1.165) is 0 Å². The summed E-state index contributed by atoms with van der Waals surface area (Å²) >= 11 is 0. The number of para-hydroxylation sites is 1. The predicted molar refractivity (Wildman–Crippen MR) is 174 cm³/mol. The Hall–Kier alpha value is -6.26. The fourth-order valence-electron chi connectivity index (χ4n) is 5.78. The molecule has 5 heterocycles. The van der Waals surface area contributed by atoms with Gasteiger partial charge in [-0.15, -0.1) is 5.10 Å². The minimum atomic E-state index is -0.617. The Bertz CT molecular complexity index is 2290. The molecule has 0 unspecified atom stereocenters. The number of nitrogens with zero attached hydrogens (tertiary/aromatic N) is 7. The van der Waals surface area contributed by atoms with Crippen molar-refractivity contribution < 1.29 is 14.7 Å². The highest BCUT2D eigenvalue weighted by Gasteiger charge is 2.32. The van der Waals surface area contributed by atoms with Crippen LogP contribution in [0.25, 0.3) is 22.1 Å². The molecule has 1 saturated heterocycles. The van der Waals surface area contributed by atoms with Gasteiger partial charge in [0, 0.05) is 48.6 Å². The van der Waals surface area contributed by atoms with Gasteiger partial charge < -0.3 is 21.1 Å². The summed E-state index contributed by atoms with van der Waals surface area (Å²) in [4.78, 5) is 45.3. The van der Waals surface area contributed by atoms with Gasteiger partial charge in [-0.1, -0.05) is 42.2 Å². The first-order valence-electron chi connectivity index (χ1n) is 14.9. The Morgan fingerprint density at radius 2 is 1.91 bits per heavy atom. The molecule has 2 amide bonds. The van der Waals surface area contributed by atoms with Crippen LogP contribution in [0.2, 0.25) is 0 Å². The molecule has 4 aromatic heterocycles. The van der Waals surface area contributed by atoms with Gasteiger partial charge in [-0.05, 0) is 42.6 Å². The average molecular weight is 628 g/mol. The zero-order valence-corrected chi connectivity index (χ0v) is 25.2. The summed E-state index contributed by atoms with van der Waals surface area (Å²) in [6, 6.07) is 17.7. The van der Waals surface area contributed by atoms with E-state index >= 15 is 0 Å². The molecule has 1 atom stereocenters. The molecular formula is C34H29N9O4. The Kier molecular flexibility index (Phi) is 7.47. The van der Waals surface area contributed by atoms with Gasteiger partial charge >= 0.3 is 0 Å². The third-order valence-corrected chi connectivity index (χ3v) is 8.20. The van der Waals surface area contributed by atoms with Crippen LogP contribution in [0.5, 0.6) is 0 Å². The Morgan fingerprint density at radius 3 is 2.70 bits per heavy atom. The van der Waals surface area contributed by atoms with E-state index in [9.17, 15) is 14.4 Å².